The first-order chi connectivity index (χ1) is 8.74. The molecular formula is C14H19Cl2FN2. The minimum Gasteiger partial charge on any atom is -0.314 e. The van der Waals surface area contributed by atoms with Crippen LogP contribution in [0, 0.1) is 5.82 Å². The van der Waals surface area contributed by atoms with Crippen LogP contribution in [-0.2, 0) is 0 Å². The van der Waals surface area contributed by atoms with Gasteiger partial charge in [0.15, 0.2) is 0 Å². The molecule has 0 amide bonds. The van der Waals surface area contributed by atoms with Crippen molar-refractivity contribution in [1.29, 1.82) is 0 Å². The van der Waals surface area contributed by atoms with E-state index in [1.807, 2.05) is 12.1 Å². The van der Waals surface area contributed by atoms with E-state index < -0.39 is 0 Å². The number of hydrogen-bond acceptors (Lipinski definition) is 2. The molecule has 0 saturated carbocycles. The molecule has 5 heteroatoms. The lowest BCUT2D eigenvalue weighted by Gasteiger charge is -2.35. The van der Waals surface area contributed by atoms with Gasteiger partial charge >= 0.3 is 0 Å². The number of rotatable bonds is 4. The SMILES string of the molecule is C=CC[C@H](c1cccc(F)c1Cl)N1CCNCC1.Cl. The Morgan fingerprint density at radius 3 is 2.74 bits per heavy atom. The summed E-state index contributed by atoms with van der Waals surface area (Å²) in [7, 11) is 0. The molecule has 1 fully saturated rings. The summed E-state index contributed by atoms with van der Waals surface area (Å²) >= 11 is 6.09. The molecule has 0 radical (unpaired) electrons. The number of benzene rings is 1. The fourth-order valence-electron chi connectivity index (χ4n) is 2.40. The lowest BCUT2D eigenvalue weighted by Crippen LogP contribution is -2.45. The zero-order valence-corrected chi connectivity index (χ0v) is 12.3. The second-order valence-corrected chi connectivity index (χ2v) is 4.85. The predicted molar refractivity (Wildman–Crippen MR) is 80.7 cm³/mol. The number of piperazine rings is 1. The van der Waals surface area contributed by atoms with Crippen LogP contribution in [0.4, 0.5) is 4.39 Å². The quantitative estimate of drug-likeness (QED) is 0.858. The molecule has 1 heterocycles. The third-order valence-electron chi connectivity index (χ3n) is 3.32. The van der Waals surface area contributed by atoms with Crippen molar-refractivity contribution in [2.24, 2.45) is 0 Å². The van der Waals surface area contributed by atoms with Gasteiger partial charge in [-0.1, -0.05) is 29.8 Å². The second-order valence-electron chi connectivity index (χ2n) is 4.47. The molecule has 106 valence electrons. The smallest absolute Gasteiger partial charge is 0.142 e. The summed E-state index contributed by atoms with van der Waals surface area (Å²) in [6.45, 7) is 7.61. The van der Waals surface area contributed by atoms with E-state index in [1.165, 1.54) is 6.07 Å². The molecule has 1 aliphatic rings. The van der Waals surface area contributed by atoms with Crippen molar-refractivity contribution in [2.45, 2.75) is 12.5 Å². The number of nitrogens with zero attached hydrogens (tertiary/aromatic N) is 1. The fourth-order valence-corrected chi connectivity index (χ4v) is 2.65. The van der Waals surface area contributed by atoms with Crippen molar-refractivity contribution in [2.75, 3.05) is 26.2 Å². The molecule has 0 unspecified atom stereocenters. The summed E-state index contributed by atoms with van der Waals surface area (Å²) in [5.41, 5.74) is 0.860. The van der Waals surface area contributed by atoms with E-state index in [-0.39, 0.29) is 29.3 Å². The molecule has 0 aromatic heterocycles. The molecule has 1 aliphatic heterocycles. The Labute approximate surface area is 125 Å². The summed E-state index contributed by atoms with van der Waals surface area (Å²) in [6, 6.07) is 5.14. The van der Waals surface area contributed by atoms with Gasteiger partial charge in [-0.15, -0.1) is 19.0 Å². The van der Waals surface area contributed by atoms with Crippen LogP contribution in [0.15, 0.2) is 30.9 Å². The molecule has 1 aromatic carbocycles. The summed E-state index contributed by atoms with van der Waals surface area (Å²) < 4.78 is 13.6. The van der Waals surface area contributed by atoms with E-state index >= 15 is 0 Å². The molecule has 2 rings (SSSR count). The predicted octanol–water partition coefficient (Wildman–Crippen LogP) is 3.42. The van der Waals surface area contributed by atoms with Crippen molar-refractivity contribution in [3.05, 3.63) is 47.3 Å². The van der Waals surface area contributed by atoms with Gasteiger partial charge in [-0.2, -0.15) is 0 Å². The molecule has 0 spiro atoms. The Morgan fingerprint density at radius 1 is 1.42 bits per heavy atom. The fraction of sp³-hybridized carbons (Fsp3) is 0.429. The van der Waals surface area contributed by atoms with Gasteiger partial charge in [-0.05, 0) is 18.1 Å². The minimum absolute atomic E-state index is 0. The highest BCUT2D eigenvalue weighted by Crippen LogP contribution is 2.32. The molecule has 1 N–H and O–H groups in total. The summed E-state index contributed by atoms with van der Waals surface area (Å²) in [5.74, 6) is -0.349. The van der Waals surface area contributed by atoms with Gasteiger partial charge in [0.1, 0.15) is 5.82 Å². The van der Waals surface area contributed by atoms with Crippen molar-refractivity contribution in [1.82, 2.24) is 10.2 Å². The lowest BCUT2D eigenvalue weighted by atomic mass is 10.0. The second kappa shape index (κ2) is 7.85. The third-order valence-corrected chi connectivity index (χ3v) is 3.72. The number of hydrogen-bond donors (Lipinski definition) is 1. The van der Waals surface area contributed by atoms with Gasteiger partial charge in [-0.3, -0.25) is 4.90 Å². The van der Waals surface area contributed by atoms with Gasteiger partial charge in [0.05, 0.1) is 5.02 Å². The Hall–Kier alpha value is -0.610. The minimum atomic E-state index is -0.349. The third kappa shape index (κ3) is 3.93. The molecule has 19 heavy (non-hydrogen) atoms. The Bertz CT molecular complexity index is 420. The van der Waals surface area contributed by atoms with Gasteiger partial charge in [0, 0.05) is 32.2 Å². The molecule has 1 saturated heterocycles. The Kier molecular flexibility index (Phi) is 6.80. The Balaban J connectivity index is 0.00000180. The molecule has 0 bridgehead atoms. The van der Waals surface area contributed by atoms with Crippen LogP contribution < -0.4 is 5.32 Å². The van der Waals surface area contributed by atoms with Crippen molar-refractivity contribution < 1.29 is 4.39 Å². The summed E-state index contributed by atoms with van der Waals surface area (Å²) in [5, 5.41) is 3.55. The normalized spacial score (nSPS) is 17.6. The van der Waals surface area contributed by atoms with Crippen molar-refractivity contribution in [3.63, 3.8) is 0 Å². The van der Waals surface area contributed by atoms with Crippen molar-refractivity contribution >= 4 is 24.0 Å². The maximum atomic E-state index is 13.6. The zero-order chi connectivity index (χ0) is 13.0. The van der Waals surface area contributed by atoms with Crippen LogP contribution in [-0.4, -0.2) is 31.1 Å². The van der Waals surface area contributed by atoms with Gasteiger partial charge < -0.3 is 5.32 Å². The zero-order valence-electron chi connectivity index (χ0n) is 10.7. The summed E-state index contributed by atoms with van der Waals surface area (Å²) in [6.07, 6.45) is 2.65. The Morgan fingerprint density at radius 2 is 2.11 bits per heavy atom. The highest BCUT2D eigenvalue weighted by Gasteiger charge is 2.23. The van der Waals surface area contributed by atoms with E-state index in [0.717, 1.165) is 38.2 Å². The first-order valence-corrected chi connectivity index (χ1v) is 6.61. The van der Waals surface area contributed by atoms with Crippen LogP contribution in [0.25, 0.3) is 0 Å². The maximum absolute atomic E-state index is 13.6. The first-order valence-electron chi connectivity index (χ1n) is 6.23. The van der Waals surface area contributed by atoms with Crippen LogP contribution in [0.1, 0.15) is 18.0 Å². The highest BCUT2D eigenvalue weighted by molar-refractivity contribution is 6.31. The van der Waals surface area contributed by atoms with Gasteiger partial charge in [0.2, 0.25) is 0 Å². The van der Waals surface area contributed by atoms with E-state index in [0.29, 0.717) is 0 Å². The average Bonchev–Trinajstić information content (AvgIpc) is 2.41. The largest absolute Gasteiger partial charge is 0.314 e. The van der Waals surface area contributed by atoms with Crippen LogP contribution in [0.2, 0.25) is 5.02 Å². The monoisotopic (exact) mass is 304 g/mol. The van der Waals surface area contributed by atoms with E-state index in [4.69, 9.17) is 11.6 Å². The van der Waals surface area contributed by atoms with E-state index in [1.54, 1.807) is 6.07 Å². The van der Waals surface area contributed by atoms with Crippen molar-refractivity contribution in [3.8, 4) is 0 Å². The van der Waals surface area contributed by atoms with Gasteiger partial charge in [-0.25, -0.2) is 4.39 Å². The first kappa shape index (κ1) is 16.4. The number of nitrogens with one attached hydrogen (secondary N) is 1. The topological polar surface area (TPSA) is 15.3 Å². The highest BCUT2D eigenvalue weighted by atomic mass is 35.5. The molecule has 1 atom stereocenters. The number of halogens is 3. The van der Waals surface area contributed by atoms with Crippen LogP contribution in [0.3, 0.4) is 0 Å². The molecule has 2 nitrogen and oxygen atoms in total. The standard InChI is InChI=1S/C14H18ClFN2.ClH/c1-2-4-13(18-9-7-17-8-10-18)11-5-3-6-12(16)14(11)15;/h2-3,5-6,13,17H,1,4,7-10H2;1H/t13-;/m1./s1. The lowest BCUT2D eigenvalue weighted by molar-refractivity contribution is 0.174. The van der Waals surface area contributed by atoms with Gasteiger partial charge in [0.25, 0.3) is 0 Å². The molecular weight excluding hydrogens is 286 g/mol. The molecule has 1 aromatic rings. The van der Waals surface area contributed by atoms with E-state index in [2.05, 4.69) is 16.8 Å². The maximum Gasteiger partial charge on any atom is 0.142 e. The molecule has 0 aliphatic carbocycles. The average molecular weight is 305 g/mol. The van der Waals surface area contributed by atoms with E-state index in [9.17, 15) is 4.39 Å². The summed E-state index contributed by atoms with van der Waals surface area (Å²) in [4.78, 5) is 2.33. The van der Waals surface area contributed by atoms with Crippen LogP contribution >= 0.6 is 24.0 Å². The van der Waals surface area contributed by atoms with Crippen LogP contribution in [0.5, 0.6) is 0 Å².